The van der Waals surface area contributed by atoms with Gasteiger partial charge in [0, 0.05) is 12.5 Å². The van der Waals surface area contributed by atoms with Crippen LogP contribution in [0.5, 0.6) is 0 Å². The van der Waals surface area contributed by atoms with Gasteiger partial charge in [-0.05, 0) is 0 Å². The van der Waals surface area contributed by atoms with Crippen molar-refractivity contribution >= 4 is 5.69 Å². The van der Waals surface area contributed by atoms with Crippen molar-refractivity contribution in [3.63, 3.8) is 0 Å². The van der Waals surface area contributed by atoms with Crippen molar-refractivity contribution in [3.8, 4) is 0 Å². The number of pyridine rings is 1. The first-order valence-corrected chi connectivity index (χ1v) is 5.35. The Labute approximate surface area is 111 Å². The van der Waals surface area contributed by atoms with E-state index in [1.54, 1.807) is 12.3 Å². The van der Waals surface area contributed by atoms with Gasteiger partial charge in [-0.2, -0.15) is 4.57 Å². The van der Waals surface area contributed by atoms with Crippen molar-refractivity contribution in [2.75, 3.05) is 0 Å². The van der Waals surface area contributed by atoms with Crippen molar-refractivity contribution in [3.05, 3.63) is 70.0 Å². The van der Waals surface area contributed by atoms with Gasteiger partial charge in [0.15, 0.2) is 18.4 Å². The molecule has 0 bridgehead atoms. The number of nitrogens with zero attached hydrogens (tertiary/aromatic N) is 2. The van der Waals surface area contributed by atoms with E-state index in [4.69, 9.17) is 0 Å². The second kappa shape index (κ2) is 6.12. The second-order valence-electron chi connectivity index (χ2n) is 3.90. The minimum atomic E-state index is -0.375. The van der Waals surface area contributed by atoms with Crippen molar-refractivity contribution < 1.29 is 21.9 Å². The summed E-state index contributed by atoms with van der Waals surface area (Å²) in [6.45, 7) is 2.60. The van der Waals surface area contributed by atoms with E-state index in [1.807, 2.05) is 41.8 Å². The average Bonchev–Trinajstić information content (AvgIpc) is 2.33. The molecule has 18 heavy (non-hydrogen) atoms. The molecule has 1 aromatic heterocycles. The Hall–Kier alpha value is -1.94. The normalized spacial score (nSPS) is 9.61. The molecule has 0 aliphatic rings. The molecule has 0 unspecified atom stereocenters. The molecule has 5 heteroatoms. The summed E-state index contributed by atoms with van der Waals surface area (Å²) in [5.74, 6) is 0. The van der Waals surface area contributed by atoms with Crippen molar-refractivity contribution in [1.29, 1.82) is 0 Å². The van der Waals surface area contributed by atoms with Crippen LogP contribution in [0.2, 0.25) is 0 Å². The molecule has 2 aromatic rings. The summed E-state index contributed by atoms with van der Waals surface area (Å²) in [5.41, 5.74) is 2.18. The Bertz CT molecular complexity index is 544. The summed E-state index contributed by atoms with van der Waals surface area (Å²) in [5, 5.41) is 10.6. The highest BCUT2D eigenvalue weighted by molar-refractivity contribution is 5.26. The largest absolute Gasteiger partial charge is 1.00 e. The molecule has 1 heterocycles. The minimum Gasteiger partial charge on any atom is -1.00 e. The molecule has 0 atom stereocenters. The summed E-state index contributed by atoms with van der Waals surface area (Å²) < 4.78 is 1.99. The summed E-state index contributed by atoms with van der Waals surface area (Å²) in [6.07, 6.45) is 1.75. The standard InChI is InChI=1S/C13H13N2O2.ClH/c1-11-9-13(15(16)17)7-8-14(11)10-12-5-3-2-4-6-12;/h2-9H,10H2,1H3;1H/q+1;/p-1. The van der Waals surface area contributed by atoms with Crippen LogP contribution in [0.25, 0.3) is 0 Å². The molecule has 4 nitrogen and oxygen atoms in total. The molecule has 0 radical (unpaired) electrons. The number of benzene rings is 1. The lowest BCUT2D eigenvalue weighted by Crippen LogP contribution is -3.00. The Morgan fingerprint density at radius 1 is 1.22 bits per heavy atom. The van der Waals surface area contributed by atoms with E-state index in [-0.39, 0.29) is 23.0 Å². The van der Waals surface area contributed by atoms with Gasteiger partial charge in [0.2, 0.25) is 0 Å². The molecule has 0 fully saturated rings. The molecule has 1 aromatic carbocycles. The van der Waals surface area contributed by atoms with Crippen molar-refractivity contribution in [2.24, 2.45) is 0 Å². The number of hydrogen-bond acceptors (Lipinski definition) is 2. The van der Waals surface area contributed by atoms with Crippen LogP contribution in [0.15, 0.2) is 48.7 Å². The molecule has 0 saturated carbocycles. The van der Waals surface area contributed by atoms with Crippen molar-refractivity contribution in [1.82, 2.24) is 0 Å². The maximum atomic E-state index is 10.6. The van der Waals surface area contributed by atoms with Crippen molar-refractivity contribution in [2.45, 2.75) is 13.5 Å². The van der Waals surface area contributed by atoms with Crippen LogP contribution in [-0.4, -0.2) is 4.92 Å². The van der Waals surface area contributed by atoms with Gasteiger partial charge >= 0.3 is 0 Å². The van der Waals surface area contributed by atoms with Gasteiger partial charge in [-0.25, -0.2) is 0 Å². The average molecular weight is 265 g/mol. The fraction of sp³-hybridized carbons (Fsp3) is 0.154. The maximum absolute atomic E-state index is 10.6. The lowest BCUT2D eigenvalue weighted by Gasteiger charge is -2.00. The van der Waals surface area contributed by atoms with Crippen LogP contribution in [0.1, 0.15) is 11.3 Å². The zero-order valence-electron chi connectivity index (χ0n) is 9.91. The number of nitro groups is 1. The Morgan fingerprint density at radius 2 is 1.89 bits per heavy atom. The number of hydrogen-bond donors (Lipinski definition) is 0. The Balaban J connectivity index is 0.00000162. The SMILES string of the molecule is Cc1cc([N+](=O)[O-])cc[n+]1Cc1ccccc1.[Cl-]. The fourth-order valence-corrected chi connectivity index (χ4v) is 1.70. The summed E-state index contributed by atoms with van der Waals surface area (Å²) in [7, 11) is 0. The van der Waals surface area contributed by atoms with E-state index in [2.05, 4.69) is 0 Å². The lowest BCUT2D eigenvalue weighted by atomic mass is 10.2. The zero-order valence-corrected chi connectivity index (χ0v) is 10.7. The number of aromatic nitrogens is 1. The highest BCUT2D eigenvalue weighted by Crippen LogP contribution is 2.09. The van der Waals surface area contributed by atoms with Crippen LogP contribution in [0.4, 0.5) is 5.69 Å². The van der Waals surface area contributed by atoms with E-state index >= 15 is 0 Å². The lowest BCUT2D eigenvalue weighted by molar-refractivity contribution is -0.694. The van der Waals surface area contributed by atoms with E-state index in [9.17, 15) is 10.1 Å². The smallest absolute Gasteiger partial charge is 0.281 e. The van der Waals surface area contributed by atoms with E-state index in [1.165, 1.54) is 11.6 Å². The first-order valence-electron chi connectivity index (χ1n) is 5.35. The fourth-order valence-electron chi connectivity index (χ4n) is 1.70. The van der Waals surface area contributed by atoms with Gasteiger partial charge in [0.1, 0.15) is 0 Å². The Morgan fingerprint density at radius 3 is 2.44 bits per heavy atom. The molecule has 0 N–H and O–H groups in total. The summed E-state index contributed by atoms with van der Waals surface area (Å²) >= 11 is 0. The Kier molecular flexibility index (Phi) is 4.80. The molecule has 94 valence electrons. The molecule has 2 rings (SSSR count). The molecular formula is C13H13ClN2O2. The van der Waals surface area contributed by atoms with Crippen LogP contribution in [0, 0.1) is 17.0 Å². The van der Waals surface area contributed by atoms with Gasteiger partial charge in [0.25, 0.3) is 5.69 Å². The first kappa shape index (κ1) is 14.1. The van der Waals surface area contributed by atoms with E-state index in [0.29, 0.717) is 0 Å². The summed E-state index contributed by atoms with van der Waals surface area (Å²) in [6, 6.07) is 13.1. The molecule has 0 spiro atoms. The van der Waals surface area contributed by atoms with E-state index in [0.717, 1.165) is 12.2 Å². The third-order valence-corrected chi connectivity index (χ3v) is 2.64. The third kappa shape index (κ3) is 3.28. The highest BCUT2D eigenvalue weighted by atomic mass is 35.5. The highest BCUT2D eigenvalue weighted by Gasteiger charge is 2.13. The van der Waals surface area contributed by atoms with Crippen LogP contribution < -0.4 is 17.0 Å². The van der Waals surface area contributed by atoms with Crippen LogP contribution in [0.3, 0.4) is 0 Å². The van der Waals surface area contributed by atoms with Gasteiger partial charge in [0.05, 0.1) is 17.1 Å². The second-order valence-corrected chi connectivity index (χ2v) is 3.90. The number of rotatable bonds is 3. The number of halogens is 1. The monoisotopic (exact) mass is 264 g/mol. The third-order valence-electron chi connectivity index (χ3n) is 2.64. The topological polar surface area (TPSA) is 47.0 Å². The molecule has 0 aliphatic heterocycles. The predicted molar refractivity (Wildman–Crippen MR) is 63.6 cm³/mol. The molecule has 0 amide bonds. The summed E-state index contributed by atoms with van der Waals surface area (Å²) in [4.78, 5) is 10.2. The van der Waals surface area contributed by atoms with Gasteiger partial charge in [-0.1, -0.05) is 30.3 Å². The maximum Gasteiger partial charge on any atom is 0.281 e. The predicted octanol–water partition coefficient (Wildman–Crippen LogP) is -0.757. The van der Waals surface area contributed by atoms with Gasteiger partial charge in [-0.15, -0.1) is 0 Å². The molecule has 0 aliphatic carbocycles. The molecule has 0 saturated heterocycles. The minimum absolute atomic E-state index is 0. The van der Waals surface area contributed by atoms with Crippen LogP contribution in [-0.2, 0) is 6.54 Å². The quantitative estimate of drug-likeness (QED) is 0.416. The molecular weight excluding hydrogens is 252 g/mol. The van der Waals surface area contributed by atoms with E-state index < -0.39 is 0 Å². The zero-order chi connectivity index (χ0) is 12.3. The first-order chi connectivity index (χ1) is 8.16. The van der Waals surface area contributed by atoms with Gasteiger partial charge in [-0.3, -0.25) is 10.1 Å². The van der Waals surface area contributed by atoms with Gasteiger partial charge < -0.3 is 12.4 Å². The van der Waals surface area contributed by atoms with Crippen LogP contribution >= 0.6 is 0 Å². The number of aryl methyl sites for hydroxylation is 1.